The van der Waals surface area contributed by atoms with Gasteiger partial charge in [-0.15, -0.1) is 0 Å². The third-order valence-electron chi connectivity index (χ3n) is 2.32. The number of hydrogen-bond donors (Lipinski definition) is 1. The zero-order chi connectivity index (χ0) is 11.6. The molecule has 15 heavy (non-hydrogen) atoms. The molecule has 5 nitrogen and oxygen atoms in total. The van der Waals surface area contributed by atoms with E-state index in [1.807, 2.05) is 13.8 Å². The van der Waals surface area contributed by atoms with Crippen LogP contribution in [0.1, 0.15) is 19.5 Å². The van der Waals surface area contributed by atoms with E-state index in [1.165, 1.54) is 17.7 Å². The van der Waals surface area contributed by atoms with Crippen molar-refractivity contribution < 1.29 is 0 Å². The molecule has 0 spiro atoms. The van der Waals surface area contributed by atoms with Crippen LogP contribution in [0.4, 0.5) is 0 Å². The van der Waals surface area contributed by atoms with Crippen molar-refractivity contribution in [3.05, 3.63) is 32.6 Å². The second-order valence-corrected chi connectivity index (χ2v) is 3.91. The van der Waals surface area contributed by atoms with Crippen LogP contribution in [0.2, 0.25) is 0 Å². The van der Waals surface area contributed by atoms with E-state index in [2.05, 4.69) is 5.32 Å². The zero-order valence-corrected chi connectivity index (χ0v) is 9.57. The Balaban J connectivity index is 3.10. The summed E-state index contributed by atoms with van der Waals surface area (Å²) in [5.41, 5.74) is 0.151. The van der Waals surface area contributed by atoms with E-state index in [0.717, 1.165) is 4.57 Å². The molecule has 0 radical (unpaired) electrons. The lowest BCUT2D eigenvalue weighted by Gasteiger charge is -2.12. The number of aromatic nitrogens is 2. The first-order valence-corrected chi connectivity index (χ1v) is 4.92. The molecule has 0 amide bonds. The largest absolute Gasteiger partial charge is 0.330 e. The topological polar surface area (TPSA) is 56.0 Å². The van der Waals surface area contributed by atoms with Gasteiger partial charge in [0.1, 0.15) is 0 Å². The highest BCUT2D eigenvalue weighted by molar-refractivity contribution is 5.01. The number of nitrogens with zero attached hydrogens (tertiary/aromatic N) is 2. The first kappa shape index (κ1) is 11.7. The Kier molecular flexibility index (Phi) is 3.47. The van der Waals surface area contributed by atoms with E-state index < -0.39 is 0 Å². The van der Waals surface area contributed by atoms with Crippen molar-refractivity contribution >= 4 is 0 Å². The fourth-order valence-electron chi connectivity index (χ4n) is 1.26. The molecule has 0 aliphatic rings. The molecule has 1 aromatic rings. The predicted molar refractivity (Wildman–Crippen MR) is 58.9 cm³/mol. The Bertz CT molecular complexity index is 457. The average Bonchev–Trinajstić information content (AvgIpc) is 2.18. The quantitative estimate of drug-likeness (QED) is 0.739. The molecule has 0 saturated carbocycles. The van der Waals surface area contributed by atoms with Gasteiger partial charge in [0.05, 0.1) is 0 Å². The maximum absolute atomic E-state index is 11.6. The molecule has 0 fully saturated rings. The molecular weight excluding hydrogens is 194 g/mol. The molecular formula is C10H17N3O2. The molecule has 1 aromatic heterocycles. The van der Waals surface area contributed by atoms with E-state index in [4.69, 9.17) is 0 Å². The minimum absolute atomic E-state index is 0.265. The van der Waals surface area contributed by atoms with E-state index in [1.54, 1.807) is 7.05 Å². The minimum Gasteiger partial charge on any atom is -0.309 e. The zero-order valence-electron chi connectivity index (χ0n) is 9.57. The van der Waals surface area contributed by atoms with Crippen LogP contribution in [0, 0.1) is 0 Å². The number of nitrogens with one attached hydrogen (secondary N) is 1. The van der Waals surface area contributed by atoms with Gasteiger partial charge in [0, 0.05) is 38.4 Å². The lowest BCUT2D eigenvalue weighted by Crippen LogP contribution is -2.39. The molecule has 0 unspecified atom stereocenters. The maximum atomic E-state index is 11.6. The van der Waals surface area contributed by atoms with Crippen molar-refractivity contribution in [1.29, 1.82) is 0 Å². The molecule has 1 rings (SSSR count). The third kappa shape index (κ3) is 2.56. The maximum Gasteiger partial charge on any atom is 0.330 e. The first-order chi connectivity index (χ1) is 6.93. The Morgan fingerprint density at radius 1 is 1.27 bits per heavy atom. The lowest BCUT2D eigenvalue weighted by atomic mass is 10.3. The molecule has 5 heteroatoms. The first-order valence-electron chi connectivity index (χ1n) is 4.92. The summed E-state index contributed by atoms with van der Waals surface area (Å²) in [6.07, 6.45) is 0. The van der Waals surface area contributed by atoms with Crippen LogP contribution < -0.4 is 16.6 Å². The summed E-state index contributed by atoms with van der Waals surface area (Å²) in [6.45, 7) is 4.55. The molecule has 84 valence electrons. The second kappa shape index (κ2) is 4.44. The average molecular weight is 211 g/mol. The molecule has 0 bridgehead atoms. The van der Waals surface area contributed by atoms with Crippen LogP contribution in [0.15, 0.2) is 15.7 Å². The summed E-state index contributed by atoms with van der Waals surface area (Å²) < 4.78 is 2.58. The van der Waals surface area contributed by atoms with Gasteiger partial charge in [-0.3, -0.25) is 13.9 Å². The summed E-state index contributed by atoms with van der Waals surface area (Å²) >= 11 is 0. The van der Waals surface area contributed by atoms with Crippen molar-refractivity contribution in [2.45, 2.75) is 26.4 Å². The van der Waals surface area contributed by atoms with Crippen LogP contribution in [-0.4, -0.2) is 15.2 Å². The molecule has 0 saturated heterocycles. The monoisotopic (exact) mass is 211 g/mol. The van der Waals surface area contributed by atoms with Gasteiger partial charge in [0.2, 0.25) is 0 Å². The second-order valence-electron chi connectivity index (χ2n) is 3.91. The van der Waals surface area contributed by atoms with Crippen molar-refractivity contribution in [1.82, 2.24) is 14.5 Å². The van der Waals surface area contributed by atoms with E-state index in [0.29, 0.717) is 18.3 Å². The van der Waals surface area contributed by atoms with Gasteiger partial charge in [-0.1, -0.05) is 13.8 Å². The van der Waals surface area contributed by atoms with Gasteiger partial charge >= 0.3 is 5.69 Å². The van der Waals surface area contributed by atoms with Gasteiger partial charge in [-0.25, -0.2) is 4.79 Å². The summed E-state index contributed by atoms with van der Waals surface area (Å²) in [4.78, 5) is 22.9. The van der Waals surface area contributed by atoms with E-state index in [9.17, 15) is 9.59 Å². The summed E-state index contributed by atoms with van der Waals surface area (Å²) in [5.74, 6) is 0. The minimum atomic E-state index is -0.289. The molecule has 0 atom stereocenters. The third-order valence-corrected chi connectivity index (χ3v) is 2.32. The highest BCUT2D eigenvalue weighted by Gasteiger charge is 2.05. The van der Waals surface area contributed by atoms with Gasteiger partial charge in [-0.2, -0.15) is 0 Å². The van der Waals surface area contributed by atoms with Crippen LogP contribution in [0.25, 0.3) is 0 Å². The van der Waals surface area contributed by atoms with Crippen molar-refractivity contribution in [2.24, 2.45) is 14.1 Å². The molecule has 1 heterocycles. The van der Waals surface area contributed by atoms with Gasteiger partial charge in [0.15, 0.2) is 0 Å². The van der Waals surface area contributed by atoms with Crippen LogP contribution in [0.5, 0.6) is 0 Å². The fourth-order valence-corrected chi connectivity index (χ4v) is 1.26. The van der Waals surface area contributed by atoms with Gasteiger partial charge in [0.25, 0.3) is 5.56 Å². The molecule has 0 aromatic carbocycles. The Morgan fingerprint density at radius 3 is 2.40 bits per heavy atom. The van der Waals surface area contributed by atoms with Gasteiger partial charge < -0.3 is 5.32 Å². The normalized spacial score (nSPS) is 11.0. The Hall–Kier alpha value is -1.36. The molecule has 1 N–H and O–H groups in total. The predicted octanol–water partition coefficient (Wildman–Crippen LogP) is -0.418. The molecule has 0 aliphatic heterocycles. The van der Waals surface area contributed by atoms with Crippen molar-refractivity contribution in [2.75, 3.05) is 0 Å². The van der Waals surface area contributed by atoms with E-state index >= 15 is 0 Å². The molecule has 0 aliphatic carbocycles. The highest BCUT2D eigenvalue weighted by atomic mass is 16.2. The van der Waals surface area contributed by atoms with Gasteiger partial charge in [-0.05, 0) is 0 Å². The van der Waals surface area contributed by atoms with Crippen molar-refractivity contribution in [3.8, 4) is 0 Å². The smallest absolute Gasteiger partial charge is 0.309 e. The summed E-state index contributed by atoms with van der Waals surface area (Å²) in [5, 5.41) is 3.17. The summed E-state index contributed by atoms with van der Waals surface area (Å²) in [6, 6.07) is 1.81. The Morgan fingerprint density at radius 2 is 1.87 bits per heavy atom. The lowest BCUT2D eigenvalue weighted by molar-refractivity contribution is 0.550. The summed E-state index contributed by atoms with van der Waals surface area (Å²) in [7, 11) is 3.14. The van der Waals surface area contributed by atoms with Crippen molar-refractivity contribution in [3.63, 3.8) is 0 Å². The number of hydrogen-bond acceptors (Lipinski definition) is 3. The Labute approximate surface area is 88.4 Å². The van der Waals surface area contributed by atoms with Crippen LogP contribution >= 0.6 is 0 Å². The van der Waals surface area contributed by atoms with E-state index in [-0.39, 0.29) is 11.2 Å². The van der Waals surface area contributed by atoms with Crippen LogP contribution in [-0.2, 0) is 20.6 Å². The highest BCUT2D eigenvalue weighted by Crippen LogP contribution is 1.91. The SMILES string of the molecule is CC(C)NCc1cc(=O)n(C)c(=O)n1C. The fraction of sp³-hybridized carbons (Fsp3) is 0.600. The number of rotatable bonds is 3. The van der Waals surface area contributed by atoms with Crippen LogP contribution in [0.3, 0.4) is 0 Å². The standard InChI is InChI=1S/C10H17N3O2/c1-7(2)11-6-8-5-9(14)13(4)10(15)12(8)3/h5,7,11H,6H2,1-4H3.